The molecule has 4 N–H and O–H groups in total. The van der Waals surface area contributed by atoms with E-state index in [1.165, 1.54) is 12.1 Å². The highest BCUT2D eigenvalue weighted by Crippen LogP contribution is 2.35. The van der Waals surface area contributed by atoms with E-state index in [1.54, 1.807) is 18.2 Å². The molecule has 0 bridgehead atoms. The first-order valence-corrected chi connectivity index (χ1v) is 7.81. The van der Waals surface area contributed by atoms with Gasteiger partial charge in [-0.3, -0.25) is 4.79 Å². The number of halogens is 3. The zero-order valence-corrected chi connectivity index (χ0v) is 14.7. The molecule has 4 nitrogen and oxygen atoms in total. The summed E-state index contributed by atoms with van der Waals surface area (Å²) >= 11 is 10.1. The summed E-state index contributed by atoms with van der Waals surface area (Å²) in [4.78, 5) is 12.2. The molecule has 0 unspecified atom stereocenters. The van der Waals surface area contributed by atoms with Crippen LogP contribution in [0.2, 0.25) is 0 Å². The number of anilines is 2. The molecule has 2 aromatic rings. The molecule has 0 saturated carbocycles. The van der Waals surface area contributed by atoms with E-state index >= 15 is 0 Å². The molecule has 1 amide bonds. The van der Waals surface area contributed by atoms with Gasteiger partial charge in [0.1, 0.15) is 0 Å². The van der Waals surface area contributed by atoms with Gasteiger partial charge in [0.15, 0.2) is 5.75 Å². The minimum atomic E-state index is -0.446. The predicted molar refractivity (Wildman–Crippen MR) is 90.0 cm³/mol. The van der Waals surface area contributed by atoms with E-state index in [0.29, 0.717) is 14.6 Å². The number of nitrogen functional groups attached to an aromatic ring is 1. The quantitative estimate of drug-likeness (QED) is 0.452. The number of para-hydroxylation sites is 1. The first-order valence-electron chi connectivity index (χ1n) is 5.43. The summed E-state index contributed by atoms with van der Waals surface area (Å²) in [6.07, 6.45) is 0. The van der Waals surface area contributed by atoms with Crippen molar-refractivity contribution in [2.24, 2.45) is 0 Å². The van der Waals surface area contributed by atoms with Crippen LogP contribution in [-0.2, 0) is 0 Å². The van der Waals surface area contributed by atoms with Crippen LogP contribution in [0.25, 0.3) is 0 Å². The number of rotatable bonds is 2. The van der Waals surface area contributed by atoms with Crippen LogP contribution in [-0.4, -0.2) is 11.0 Å². The molecule has 0 aliphatic heterocycles. The summed E-state index contributed by atoms with van der Waals surface area (Å²) in [6, 6.07) is 8.24. The average molecular weight is 465 g/mol. The molecule has 0 atom stereocenters. The standard InChI is InChI=1S/C13H9Br3N2O2/c14-6-4-8(15)11(9(16)5-6)18-13(20)7-2-1-3-10(17)12(7)19/h1-5,19H,17H2,(H,18,20). The Bertz CT molecular complexity index is 666. The molecule has 104 valence electrons. The first kappa shape index (κ1) is 15.3. The lowest BCUT2D eigenvalue weighted by Crippen LogP contribution is -2.13. The van der Waals surface area contributed by atoms with Gasteiger partial charge in [-0.2, -0.15) is 0 Å². The maximum Gasteiger partial charge on any atom is 0.259 e. The Morgan fingerprint density at radius 1 is 1.15 bits per heavy atom. The van der Waals surface area contributed by atoms with Gasteiger partial charge in [-0.1, -0.05) is 22.0 Å². The van der Waals surface area contributed by atoms with Crippen LogP contribution in [0.3, 0.4) is 0 Å². The number of carbonyl (C=O) groups excluding carboxylic acids is 1. The Balaban J connectivity index is 2.36. The molecule has 0 aromatic heterocycles. The Labute approximate surface area is 140 Å². The largest absolute Gasteiger partial charge is 0.505 e. The van der Waals surface area contributed by atoms with Crippen molar-refractivity contribution in [1.82, 2.24) is 0 Å². The van der Waals surface area contributed by atoms with Crippen molar-refractivity contribution in [3.8, 4) is 5.75 Å². The third-order valence-electron chi connectivity index (χ3n) is 2.56. The topological polar surface area (TPSA) is 75.4 Å². The lowest BCUT2D eigenvalue weighted by molar-refractivity contribution is 0.102. The van der Waals surface area contributed by atoms with E-state index in [4.69, 9.17) is 5.73 Å². The third kappa shape index (κ3) is 3.16. The zero-order valence-electron chi connectivity index (χ0n) is 9.95. The molecular formula is C13H9Br3N2O2. The number of hydrogen-bond donors (Lipinski definition) is 3. The number of nitrogens with two attached hydrogens (primary N) is 1. The lowest BCUT2D eigenvalue weighted by atomic mass is 10.1. The van der Waals surface area contributed by atoms with E-state index in [0.717, 1.165) is 4.47 Å². The molecule has 0 radical (unpaired) electrons. The number of aromatic hydroxyl groups is 1. The Kier molecular flexibility index (Phi) is 4.72. The normalized spacial score (nSPS) is 10.3. The van der Waals surface area contributed by atoms with Crippen molar-refractivity contribution in [3.63, 3.8) is 0 Å². The molecule has 0 heterocycles. The van der Waals surface area contributed by atoms with Gasteiger partial charge in [0.25, 0.3) is 5.91 Å². The van der Waals surface area contributed by atoms with Crippen LogP contribution in [0.5, 0.6) is 5.75 Å². The fourth-order valence-electron chi connectivity index (χ4n) is 1.59. The summed E-state index contributed by atoms with van der Waals surface area (Å²) in [6.45, 7) is 0. The second-order valence-corrected chi connectivity index (χ2v) is 6.57. The van der Waals surface area contributed by atoms with Crippen LogP contribution < -0.4 is 11.1 Å². The molecule has 2 aromatic carbocycles. The van der Waals surface area contributed by atoms with Gasteiger partial charge in [-0.25, -0.2) is 0 Å². The summed E-state index contributed by atoms with van der Waals surface area (Å²) in [5, 5.41) is 12.5. The zero-order chi connectivity index (χ0) is 14.9. The highest BCUT2D eigenvalue weighted by atomic mass is 79.9. The number of carbonyl (C=O) groups is 1. The maximum absolute atomic E-state index is 12.2. The van der Waals surface area contributed by atoms with E-state index in [1.807, 2.05) is 0 Å². The fourth-order valence-corrected chi connectivity index (χ4v) is 4.04. The second-order valence-electron chi connectivity index (χ2n) is 3.94. The number of amides is 1. The number of benzene rings is 2. The van der Waals surface area contributed by atoms with Crippen molar-refractivity contribution in [2.75, 3.05) is 11.1 Å². The van der Waals surface area contributed by atoms with Crippen LogP contribution in [0.15, 0.2) is 43.7 Å². The number of hydrogen-bond acceptors (Lipinski definition) is 3. The number of phenols is 1. The third-order valence-corrected chi connectivity index (χ3v) is 4.27. The average Bonchev–Trinajstić information content (AvgIpc) is 2.36. The molecule has 2 rings (SSSR count). The van der Waals surface area contributed by atoms with Gasteiger partial charge in [-0.15, -0.1) is 0 Å². The molecule has 0 fully saturated rings. The highest BCUT2D eigenvalue weighted by molar-refractivity contribution is 9.11. The number of nitrogens with one attached hydrogen (secondary N) is 1. The van der Waals surface area contributed by atoms with E-state index in [9.17, 15) is 9.90 Å². The highest BCUT2D eigenvalue weighted by Gasteiger charge is 2.16. The molecular weight excluding hydrogens is 456 g/mol. The summed E-state index contributed by atoms with van der Waals surface area (Å²) in [7, 11) is 0. The molecule has 0 saturated heterocycles. The van der Waals surface area contributed by atoms with Crippen molar-refractivity contribution >= 4 is 65.1 Å². The Morgan fingerprint density at radius 2 is 1.75 bits per heavy atom. The van der Waals surface area contributed by atoms with Crippen LogP contribution in [0.4, 0.5) is 11.4 Å². The second kappa shape index (κ2) is 6.15. The van der Waals surface area contributed by atoms with E-state index < -0.39 is 5.91 Å². The monoisotopic (exact) mass is 462 g/mol. The SMILES string of the molecule is Nc1cccc(C(=O)Nc2c(Br)cc(Br)cc2Br)c1O. The fraction of sp³-hybridized carbons (Fsp3) is 0. The van der Waals surface area contributed by atoms with Crippen molar-refractivity contribution in [2.45, 2.75) is 0 Å². The Hall–Kier alpha value is -1.05. The van der Waals surface area contributed by atoms with E-state index in [-0.39, 0.29) is 17.0 Å². The van der Waals surface area contributed by atoms with E-state index in [2.05, 4.69) is 53.1 Å². The molecule has 0 aliphatic carbocycles. The minimum absolute atomic E-state index is 0.117. The van der Waals surface area contributed by atoms with Crippen LogP contribution in [0.1, 0.15) is 10.4 Å². The minimum Gasteiger partial charge on any atom is -0.505 e. The van der Waals surface area contributed by atoms with Crippen molar-refractivity contribution in [3.05, 3.63) is 49.3 Å². The van der Waals surface area contributed by atoms with Gasteiger partial charge in [0.2, 0.25) is 0 Å². The van der Waals surface area contributed by atoms with Gasteiger partial charge in [-0.05, 0) is 56.1 Å². The van der Waals surface area contributed by atoms with Crippen molar-refractivity contribution < 1.29 is 9.90 Å². The smallest absolute Gasteiger partial charge is 0.259 e. The predicted octanol–water partition coefficient (Wildman–Crippen LogP) is 4.51. The molecule has 0 spiro atoms. The molecule has 20 heavy (non-hydrogen) atoms. The van der Waals surface area contributed by atoms with Gasteiger partial charge in [0, 0.05) is 13.4 Å². The van der Waals surface area contributed by atoms with Gasteiger partial charge >= 0.3 is 0 Å². The lowest BCUT2D eigenvalue weighted by Gasteiger charge is -2.11. The van der Waals surface area contributed by atoms with Gasteiger partial charge in [0.05, 0.1) is 16.9 Å². The Morgan fingerprint density at radius 3 is 2.35 bits per heavy atom. The first-order chi connectivity index (χ1) is 9.40. The summed E-state index contributed by atoms with van der Waals surface area (Å²) < 4.78 is 2.27. The van der Waals surface area contributed by atoms with Crippen molar-refractivity contribution in [1.29, 1.82) is 0 Å². The van der Waals surface area contributed by atoms with Crippen LogP contribution >= 0.6 is 47.8 Å². The summed E-state index contributed by atoms with van der Waals surface area (Å²) in [5.41, 5.74) is 6.42. The summed E-state index contributed by atoms with van der Waals surface area (Å²) in [5.74, 6) is -0.673. The molecule has 7 heteroatoms. The molecule has 0 aliphatic rings. The maximum atomic E-state index is 12.2. The van der Waals surface area contributed by atoms with Gasteiger partial charge < -0.3 is 16.2 Å². The van der Waals surface area contributed by atoms with Crippen LogP contribution in [0, 0.1) is 0 Å². The number of phenolic OH excluding ortho intramolecular Hbond substituents is 1.